The SMILES string of the molecule is CCc1nc(CNc2cc(OC)ccc2F)cs1. The lowest BCUT2D eigenvalue weighted by atomic mass is 10.3. The van der Waals surface area contributed by atoms with Crippen LogP contribution in [-0.4, -0.2) is 12.1 Å². The van der Waals surface area contributed by atoms with Gasteiger partial charge in [-0.2, -0.15) is 0 Å². The Morgan fingerprint density at radius 3 is 2.94 bits per heavy atom. The zero-order valence-corrected chi connectivity index (χ0v) is 11.2. The topological polar surface area (TPSA) is 34.2 Å². The molecule has 1 aromatic heterocycles. The number of halogens is 1. The van der Waals surface area contributed by atoms with Crippen LogP contribution in [0, 0.1) is 5.82 Å². The fourth-order valence-electron chi connectivity index (χ4n) is 1.55. The number of nitrogens with one attached hydrogen (secondary N) is 1. The normalized spacial score (nSPS) is 10.4. The fraction of sp³-hybridized carbons (Fsp3) is 0.308. The Labute approximate surface area is 110 Å². The molecular weight excluding hydrogens is 251 g/mol. The van der Waals surface area contributed by atoms with Crippen LogP contribution in [-0.2, 0) is 13.0 Å². The number of aromatic nitrogens is 1. The van der Waals surface area contributed by atoms with E-state index < -0.39 is 0 Å². The molecule has 2 rings (SSSR count). The molecule has 1 N–H and O–H groups in total. The number of benzene rings is 1. The van der Waals surface area contributed by atoms with Crippen LogP contribution in [0.5, 0.6) is 5.75 Å². The molecule has 1 heterocycles. The molecule has 5 heteroatoms. The van der Waals surface area contributed by atoms with Crippen LogP contribution in [0.1, 0.15) is 17.6 Å². The van der Waals surface area contributed by atoms with E-state index in [1.165, 1.54) is 6.07 Å². The van der Waals surface area contributed by atoms with Crippen LogP contribution in [0.4, 0.5) is 10.1 Å². The minimum Gasteiger partial charge on any atom is -0.497 e. The van der Waals surface area contributed by atoms with Gasteiger partial charge in [0.15, 0.2) is 0 Å². The Bertz CT molecular complexity index is 527. The summed E-state index contributed by atoms with van der Waals surface area (Å²) in [7, 11) is 1.56. The summed E-state index contributed by atoms with van der Waals surface area (Å²) in [5, 5.41) is 6.12. The molecule has 0 bridgehead atoms. The van der Waals surface area contributed by atoms with Gasteiger partial charge in [-0.25, -0.2) is 9.37 Å². The summed E-state index contributed by atoms with van der Waals surface area (Å²) >= 11 is 1.63. The molecule has 0 fully saturated rings. The summed E-state index contributed by atoms with van der Waals surface area (Å²) < 4.78 is 18.6. The quantitative estimate of drug-likeness (QED) is 0.899. The zero-order chi connectivity index (χ0) is 13.0. The molecule has 3 nitrogen and oxygen atoms in total. The van der Waals surface area contributed by atoms with Crippen molar-refractivity contribution >= 4 is 17.0 Å². The average molecular weight is 266 g/mol. The molecule has 0 spiro atoms. The number of hydrogen-bond donors (Lipinski definition) is 1. The van der Waals surface area contributed by atoms with Crippen LogP contribution in [0.2, 0.25) is 0 Å². The number of ether oxygens (including phenoxy) is 1. The summed E-state index contributed by atoms with van der Waals surface area (Å²) in [6, 6.07) is 4.63. The van der Waals surface area contributed by atoms with Gasteiger partial charge in [0.2, 0.25) is 0 Å². The molecular formula is C13H15FN2OS. The summed E-state index contributed by atoms with van der Waals surface area (Å²) in [5.41, 5.74) is 1.36. The Hall–Kier alpha value is -1.62. The van der Waals surface area contributed by atoms with Crippen LogP contribution in [0.25, 0.3) is 0 Å². The molecule has 2 aromatic rings. The molecule has 0 aliphatic carbocycles. The van der Waals surface area contributed by atoms with E-state index in [1.54, 1.807) is 30.6 Å². The van der Waals surface area contributed by atoms with E-state index in [4.69, 9.17) is 4.74 Å². The van der Waals surface area contributed by atoms with Crippen LogP contribution in [0.15, 0.2) is 23.6 Å². The summed E-state index contributed by atoms with van der Waals surface area (Å²) in [5.74, 6) is 0.341. The molecule has 18 heavy (non-hydrogen) atoms. The van der Waals surface area contributed by atoms with E-state index >= 15 is 0 Å². The Kier molecular flexibility index (Phi) is 4.15. The van der Waals surface area contributed by atoms with Crippen LogP contribution in [0.3, 0.4) is 0 Å². The zero-order valence-electron chi connectivity index (χ0n) is 10.4. The maximum atomic E-state index is 13.5. The fourth-order valence-corrected chi connectivity index (χ4v) is 2.29. The van der Waals surface area contributed by atoms with E-state index in [-0.39, 0.29) is 5.82 Å². The van der Waals surface area contributed by atoms with Crippen LogP contribution < -0.4 is 10.1 Å². The van der Waals surface area contributed by atoms with Gasteiger partial charge < -0.3 is 10.1 Å². The molecule has 0 saturated carbocycles. The second-order valence-electron chi connectivity index (χ2n) is 3.79. The molecule has 1 aromatic carbocycles. The van der Waals surface area contributed by atoms with Gasteiger partial charge in [-0.15, -0.1) is 11.3 Å². The average Bonchev–Trinajstić information content (AvgIpc) is 2.86. The highest BCUT2D eigenvalue weighted by Crippen LogP contribution is 2.22. The third-order valence-corrected chi connectivity index (χ3v) is 3.58. The van der Waals surface area contributed by atoms with Crippen molar-refractivity contribution in [2.75, 3.05) is 12.4 Å². The maximum absolute atomic E-state index is 13.5. The summed E-state index contributed by atoms with van der Waals surface area (Å²) in [4.78, 5) is 4.42. The predicted molar refractivity (Wildman–Crippen MR) is 71.8 cm³/mol. The predicted octanol–water partition coefficient (Wildman–Crippen LogP) is 3.47. The van der Waals surface area contributed by atoms with Gasteiger partial charge in [0.1, 0.15) is 11.6 Å². The van der Waals surface area contributed by atoms with Gasteiger partial charge in [-0.05, 0) is 18.6 Å². The van der Waals surface area contributed by atoms with Gasteiger partial charge in [-0.3, -0.25) is 0 Å². The number of rotatable bonds is 5. The summed E-state index contributed by atoms with van der Waals surface area (Å²) in [6.45, 7) is 2.58. The first-order valence-electron chi connectivity index (χ1n) is 5.73. The first-order valence-corrected chi connectivity index (χ1v) is 6.61. The number of thiazole rings is 1. The third-order valence-electron chi connectivity index (χ3n) is 2.54. The van der Waals surface area contributed by atoms with Crippen molar-refractivity contribution in [1.29, 1.82) is 0 Å². The molecule has 0 atom stereocenters. The first kappa shape index (κ1) is 12.8. The molecule has 0 aliphatic heterocycles. The molecule has 96 valence electrons. The Morgan fingerprint density at radius 2 is 2.28 bits per heavy atom. The second-order valence-corrected chi connectivity index (χ2v) is 4.73. The highest BCUT2D eigenvalue weighted by molar-refractivity contribution is 7.09. The third kappa shape index (κ3) is 2.98. The van der Waals surface area contributed by atoms with E-state index in [9.17, 15) is 4.39 Å². The number of hydrogen-bond acceptors (Lipinski definition) is 4. The van der Waals surface area contributed by atoms with Crippen molar-refractivity contribution in [3.05, 3.63) is 40.1 Å². The van der Waals surface area contributed by atoms with Crippen molar-refractivity contribution in [3.8, 4) is 5.75 Å². The highest BCUT2D eigenvalue weighted by Gasteiger charge is 2.05. The monoisotopic (exact) mass is 266 g/mol. The van der Waals surface area contributed by atoms with Gasteiger partial charge in [0.05, 0.1) is 30.0 Å². The largest absolute Gasteiger partial charge is 0.497 e. The van der Waals surface area contributed by atoms with E-state index in [0.717, 1.165) is 17.1 Å². The molecule has 0 radical (unpaired) electrons. The number of methoxy groups -OCH3 is 1. The molecule has 0 unspecified atom stereocenters. The number of aryl methyl sites for hydroxylation is 1. The maximum Gasteiger partial charge on any atom is 0.146 e. The van der Waals surface area contributed by atoms with Gasteiger partial charge in [-0.1, -0.05) is 6.92 Å². The lowest BCUT2D eigenvalue weighted by molar-refractivity contribution is 0.414. The smallest absolute Gasteiger partial charge is 0.146 e. The van der Waals surface area contributed by atoms with Crippen molar-refractivity contribution in [3.63, 3.8) is 0 Å². The van der Waals surface area contributed by atoms with Crippen LogP contribution >= 0.6 is 11.3 Å². The van der Waals surface area contributed by atoms with E-state index in [2.05, 4.69) is 17.2 Å². The molecule has 0 saturated heterocycles. The van der Waals surface area contributed by atoms with E-state index in [0.29, 0.717) is 18.0 Å². The Balaban J connectivity index is 2.05. The van der Waals surface area contributed by atoms with Gasteiger partial charge >= 0.3 is 0 Å². The van der Waals surface area contributed by atoms with Crippen molar-refractivity contribution < 1.29 is 9.13 Å². The first-order chi connectivity index (χ1) is 8.72. The summed E-state index contributed by atoms with van der Waals surface area (Å²) in [6.07, 6.45) is 0.929. The second kappa shape index (κ2) is 5.82. The number of nitrogens with zero attached hydrogens (tertiary/aromatic N) is 1. The number of anilines is 1. The minimum absolute atomic E-state index is 0.290. The lowest BCUT2D eigenvalue weighted by Crippen LogP contribution is -2.02. The van der Waals surface area contributed by atoms with Gasteiger partial charge in [0.25, 0.3) is 0 Å². The van der Waals surface area contributed by atoms with E-state index in [1.807, 2.05) is 5.38 Å². The minimum atomic E-state index is -0.290. The van der Waals surface area contributed by atoms with Crippen molar-refractivity contribution in [2.45, 2.75) is 19.9 Å². The van der Waals surface area contributed by atoms with Gasteiger partial charge in [0, 0.05) is 11.4 Å². The van der Waals surface area contributed by atoms with Crippen molar-refractivity contribution in [2.24, 2.45) is 0 Å². The lowest BCUT2D eigenvalue weighted by Gasteiger charge is -2.07. The van der Waals surface area contributed by atoms with Crippen molar-refractivity contribution in [1.82, 2.24) is 4.98 Å². The molecule has 0 aliphatic rings. The highest BCUT2D eigenvalue weighted by atomic mass is 32.1. The molecule has 0 amide bonds. The standard InChI is InChI=1S/C13H15FN2OS/c1-3-13-16-9(8-18-13)7-15-12-6-10(17-2)4-5-11(12)14/h4-6,8,15H,3,7H2,1-2H3. The Morgan fingerprint density at radius 1 is 1.44 bits per heavy atom.